The number of ether oxygens (including phenoxy) is 1. The highest BCUT2D eigenvalue weighted by Gasteiger charge is 2.47. The van der Waals surface area contributed by atoms with E-state index in [2.05, 4.69) is 29.5 Å². The lowest BCUT2D eigenvalue weighted by molar-refractivity contribution is -0.342. The molecule has 4 rings (SSSR count). The minimum absolute atomic E-state index is 0.00761. The highest BCUT2D eigenvalue weighted by Crippen LogP contribution is 2.39. The zero-order valence-electron chi connectivity index (χ0n) is 28.0. The minimum atomic E-state index is -1.08. The van der Waals surface area contributed by atoms with Crippen LogP contribution < -0.4 is 10.8 Å². The smallest absolute Gasteiger partial charge is 0.308 e. The number of hydrogen-bond acceptors (Lipinski definition) is 9. The Morgan fingerprint density at radius 2 is 1.25 bits per heavy atom. The summed E-state index contributed by atoms with van der Waals surface area (Å²) in [6.07, 6.45) is 9.28. The van der Waals surface area contributed by atoms with Crippen LogP contribution in [0.4, 0.5) is 0 Å². The van der Waals surface area contributed by atoms with Gasteiger partial charge in [-0.3, -0.25) is 14.8 Å². The van der Waals surface area contributed by atoms with Crippen molar-refractivity contribution in [2.75, 3.05) is 26.4 Å². The number of amides is 1. The van der Waals surface area contributed by atoms with Crippen molar-refractivity contribution in [3.05, 3.63) is 0 Å². The average molecular weight is 765 g/mol. The van der Waals surface area contributed by atoms with E-state index in [0.717, 1.165) is 64.2 Å². The van der Waals surface area contributed by atoms with Crippen LogP contribution in [0.3, 0.4) is 0 Å². The Morgan fingerprint density at radius 3 is 1.85 bits per heavy atom. The molecule has 0 saturated heterocycles. The second-order valence-corrected chi connectivity index (χ2v) is 17.2. The maximum Gasteiger partial charge on any atom is 0.308 e. The third kappa shape index (κ3) is 11.9. The van der Waals surface area contributed by atoms with Gasteiger partial charge in [0.2, 0.25) is 5.91 Å². The summed E-state index contributed by atoms with van der Waals surface area (Å²) in [6, 6.07) is 0.166. The maximum absolute atomic E-state index is 13.0. The predicted octanol–water partition coefficient (Wildman–Crippen LogP) is 6.29. The van der Waals surface area contributed by atoms with E-state index in [9.17, 15) is 14.7 Å². The molecule has 0 spiro atoms. The van der Waals surface area contributed by atoms with Crippen molar-refractivity contribution in [3.63, 3.8) is 0 Å². The lowest BCUT2D eigenvalue weighted by Gasteiger charge is -2.37. The van der Waals surface area contributed by atoms with Crippen LogP contribution in [-0.4, -0.2) is 94.5 Å². The summed E-state index contributed by atoms with van der Waals surface area (Å²) in [4.78, 5) is 46.6. The summed E-state index contributed by atoms with van der Waals surface area (Å²) in [6.45, 7) is 5.62. The summed E-state index contributed by atoms with van der Waals surface area (Å²) in [5.74, 6) is -3.29. The van der Waals surface area contributed by atoms with Crippen LogP contribution in [-0.2, 0) is 33.8 Å². The first-order chi connectivity index (χ1) is 22.9. The van der Waals surface area contributed by atoms with Gasteiger partial charge in [0.1, 0.15) is 0 Å². The fourth-order valence-electron chi connectivity index (χ4n) is 7.47. The first-order valence-electron chi connectivity index (χ1n) is 17.5. The average Bonchev–Trinajstić information content (AvgIpc) is 3.05. The summed E-state index contributed by atoms with van der Waals surface area (Å²) in [5.41, 5.74) is 2.93. The fraction of sp³-hybridized carbons (Fsp3) is 0.939. The van der Waals surface area contributed by atoms with Gasteiger partial charge in [0.15, 0.2) is 0 Å². The number of rotatable bonds is 16. The van der Waals surface area contributed by atoms with E-state index < -0.39 is 28.6 Å². The molecule has 278 valence electrons. The Kier molecular flexibility index (Phi) is 16.6. The van der Waals surface area contributed by atoms with E-state index in [0.29, 0.717) is 32.7 Å². The van der Waals surface area contributed by atoms with Gasteiger partial charge in [-0.15, -0.1) is 46.4 Å². The number of nitrogens with one attached hydrogen (secondary N) is 2. The molecule has 0 bridgehead atoms. The Bertz CT molecular complexity index is 1000. The fourth-order valence-corrected chi connectivity index (χ4v) is 9.03. The van der Waals surface area contributed by atoms with Crippen LogP contribution in [0.1, 0.15) is 90.9 Å². The van der Waals surface area contributed by atoms with Gasteiger partial charge in [0.05, 0.1) is 50.5 Å². The van der Waals surface area contributed by atoms with Gasteiger partial charge >= 0.3 is 5.97 Å². The highest BCUT2D eigenvalue weighted by molar-refractivity contribution is 6.25. The molecule has 0 radical (unpaired) electrons. The summed E-state index contributed by atoms with van der Waals surface area (Å²) in [7, 11) is 0. The first kappa shape index (κ1) is 40.6. The largest absolute Gasteiger partial charge is 0.481 e. The molecule has 8 unspecified atom stereocenters. The molecule has 4 aliphatic carbocycles. The third-order valence-corrected chi connectivity index (χ3v) is 12.6. The Balaban J connectivity index is 1.06. The number of carbonyl (C=O) groups excluding carboxylic acids is 1. The van der Waals surface area contributed by atoms with Gasteiger partial charge < -0.3 is 20.0 Å². The van der Waals surface area contributed by atoms with Gasteiger partial charge in [-0.1, -0.05) is 13.8 Å². The van der Waals surface area contributed by atoms with Gasteiger partial charge in [-0.25, -0.2) is 14.7 Å². The standard InChI is InChI=1S/C33H54Cl4N2O9/c1-33(2,17-44-21-7-3-19(4-8-21)38-31(40)29-27(36)13-14-28(37)30(29)32(41)42)18-47-48-22-9-5-20(6-10-22)39-45-15-23-24(16-46-43)26(35)12-11-25(23)34/h19-30,39,43H,3-18H2,1-2H3,(H,38,40)(H,41,42). The van der Waals surface area contributed by atoms with E-state index in [1.807, 2.05) is 0 Å². The zero-order valence-corrected chi connectivity index (χ0v) is 31.0. The van der Waals surface area contributed by atoms with Crippen molar-refractivity contribution in [2.24, 2.45) is 29.1 Å². The zero-order chi connectivity index (χ0) is 34.8. The maximum atomic E-state index is 13.0. The molecular weight excluding hydrogens is 710 g/mol. The van der Waals surface area contributed by atoms with Crippen molar-refractivity contribution in [1.82, 2.24) is 10.8 Å². The van der Waals surface area contributed by atoms with Crippen molar-refractivity contribution in [2.45, 2.75) is 137 Å². The lowest BCUT2D eigenvalue weighted by atomic mass is 9.77. The second kappa shape index (κ2) is 19.6. The molecule has 4 aliphatic rings. The highest BCUT2D eigenvalue weighted by atomic mass is 35.5. The first-order valence-corrected chi connectivity index (χ1v) is 19.3. The summed E-state index contributed by atoms with van der Waals surface area (Å²) in [5, 5.41) is 20.3. The van der Waals surface area contributed by atoms with Crippen LogP contribution in [0.15, 0.2) is 0 Å². The Labute approximate surface area is 304 Å². The van der Waals surface area contributed by atoms with Gasteiger partial charge in [-0.05, 0) is 77.0 Å². The lowest BCUT2D eigenvalue weighted by Crippen LogP contribution is -2.51. The number of carboxylic acids is 1. The molecule has 15 heteroatoms. The molecule has 8 atom stereocenters. The molecule has 11 nitrogen and oxygen atoms in total. The second-order valence-electron chi connectivity index (χ2n) is 15.0. The van der Waals surface area contributed by atoms with Crippen LogP contribution in [0, 0.1) is 29.1 Å². The van der Waals surface area contributed by atoms with Crippen LogP contribution in [0.2, 0.25) is 0 Å². The number of carbonyl (C=O) groups is 2. The molecular formula is C33H54Cl4N2O9. The van der Waals surface area contributed by atoms with Crippen molar-refractivity contribution in [1.29, 1.82) is 0 Å². The van der Waals surface area contributed by atoms with Crippen molar-refractivity contribution in [3.8, 4) is 0 Å². The predicted molar refractivity (Wildman–Crippen MR) is 183 cm³/mol. The Morgan fingerprint density at radius 1 is 0.708 bits per heavy atom. The molecule has 4 fully saturated rings. The molecule has 0 aromatic carbocycles. The number of hydroxylamine groups is 1. The van der Waals surface area contributed by atoms with Crippen LogP contribution in [0.25, 0.3) is 0 Å². The van der Waals surface area contributed by atoms with Crippen LogP contribution >= 0.6 is 46.4 Å². The minimum Gasteiger partial charge on any atom is -0.481 e. The molecule has 0 aromatic rings. The third-order valence-electron chi connectivity index (χ3n) is 10.5. The van der Waals surface area contributed by atoms with Crippen molar-refractivity contribution >= 4 is 58.3 Å². The van der Waals surface area contributed by atoms with Gasteiger partial charge in [0.25, 0.3) is 0 Å². The monoisotopic (exact) mass is 762 g/mol. The van der Waals surface area contributed by atoms with Crippen LogP contribution in [0.5, 0.6) is 0 Å². The molecule has 0 aromatic heterocycles. The topological polar surface area (TPSA) is 145 Å². The molecule has 4 saturated carbocycles. The van der Waals surface area contributed by atoms with E-state index in [1.54, 1.807) is 0 Å². The molecule has 1 amide bonds. The number of carboxylic acid groups (broad SMARTS) is 1. The van der Waals surface area contributed by atoms with Gasteiger partial charge in [0, 0.05) is 50.8 Å². The van der Waals surface area contributed by atoms with E-state index in [4.69, 9.17) is 71.0 Å². The van der Waals surface area contributed by atoms with Gasteiger partial charge in [-0.2, -0.15) is 5.48 Å². The van der Waals surface area contributed by atoms with E-state index >= 15 is 0 Å². The molecule has 48 heavy (non-hydrogen) atoms. The molecule has 0 aliphatic heterocycles. The van der Waals surface area contributed by atoms with E-state index in [1.165, 1.54) is 0 Å². The normalized spacial score (nSPS) is 38.0. The number of hydrogen-bond donors (Lipinski definition) is 4. The molecule has 0 heterocycles. The summed E-state index contributed by atoms with van der Waals surface area (Å²) >= 11 is 25.7. The number of halogens is 4. The van der Waals surface area contributed by atoms with Crippen molar-refractivity contribution < 1.29 is 44.2 Å². The molecule has 4 N–H and O–H groups in total. The number of alkyl halides is 4. The summed E-state index contributed by atoms with van der Waals surface area (Å²) < 4.78 is 6.25. The quantitative estimate of drug-likeness (QED) is 0.0804. The number of aliphatic carboxylic acids is 1. The van der Waals surface area contributed by atoms with E-state index in [-0.39, 0.29) is 64.8 Å². The Hall–Kier alpha value is -0.180. The SMILES string of the molecule is CC(C)(COOC1CCC(NOCC2C(Cl)CCC(Cl)C2COO)CC1)COC1CCC(NC(=O)C2C(Cl)CCC(Cl)C2C(=O)O)CC1.